The van der Waals surface area contributed by atoms with Crippen LogP contribution in [-0.4, -0.2) is 22.1 Å². The quantitative estimate of drug-likeness (QED) is 0.494. The summed E-state index contributed by atoms with van der Waals surface area (Å²) in [5.74, 6) is 0.317. The van der Waals surface area contributed by atoms with Crippen molar-refractivity contribution in [3.63, 3.8) is 0 Å². The maximum absolute atomic E-state index is 12.2. The zero-order chi connectivity index (χ0) is 16.4. The molecular formula is C15H24ClN3O3S. The van der Waals surface area contributed by atoms with E-state index in [0.717, 1.165) is 19.3 Å². The summed E-state index contributed by atoms with van der Waals surface area (Å²) in [6.07, 6.45) is 6.58. The first kappa shape index (κ1) is 21.6. The lowest BCUT2D eigenvalue weighted by atomic mass is 10.1. The summed E-state index contributed by atoms with van der Waals surface area (Å²) >= 11 is 0. The van der Waals surface area contributed by atoms with Gasteiger partial charge in [-0.2, -0.15) is 0 Å². The van der Waals surface area contributed by atoms with Crippen molar-refractivity contribution in [2.45, 2.75) is 50.3 Å². The van der Waals surface area contributed by atoms with Crippen molar-refractivity contribution in [1.29, 1.82) is 5.39 Å². The summed E-state index contributed by atoms with van der Waals surface area (Å²) in [5.41, 5.74) is 0.0879. The van der Waals surface area contributed by atoms with E-state index in [2.05, 4.69) is 16.6 Å². The molecule has 0 saturated heterocycles. The molecular weight excluding hydrogens is 338 g/mol. The number of unbranched alkanes of at least 4 members (excludes halogenated alkanes) is 5. The zero-order valence-corrected chi connectivity index (χ0v) is 15.2. The van der Waals surface area contributed by atoms with Crippen LogP contribution in [0.15, 0.2) is 23.1 Å². The van der Waals surface area contributed by atoms with Gasteiger partial charge in [-0.1, -0.05) is 39.0 Å². The van der Waals surface area contributed by atoms with Crippen molar-refractivity contribution in [2.24, 2.45) is 0 Å². The smallest absolute Gasteiger partial charge is 0.427 e. The summed E-state index contributed by atoms with van der Waals surface area (Å²) in [4.78, 5) is 3.10. The Kier molecular flexibility index (Phi) is 10.6. The molecule has 0 spiro atoms. The van der Waals surface area contributed by atoms with Gasteiger partial charge in [-0.25, -0.2) is 13.1 Å². The van der Waals surface area contributed by atoms with Gasteiger partial charge in [0.2, 0.25) is 21.2 Å². The number of hydrogen-bond acceptors (Lipinski definition) is 4. The number of halogens is 1. The first-order valence-corrected chi connectivity index (χ1v) is 9.06. The van der Waals surface area contributed by atoms with Crippen molar-refractivity contribution < 1.29 is 25.6 Å². The molecule has 0 atom stereocenters. The minimum absolute atomic E-state index is 0. The Morgan fingerprint density at radius 3 is 2.43 bits per heavy atom. The highest BCUT2D eigenvalue weighted by atomic mass is 35.5. The van der Waals surface area contributed by atoms with Gasteiger partial charge < -0.3 is 17.1 Å². The van der Waals surface area contributed by atoms with Crippen LogP contribution in [0.3, 0.4) is 0 Å². The molecule has 1 aromatic rings. The zero-order valence-electron chi connectivity index (χ0n) is 13.6. The van der Waals surface area contributed by atoms with Crippen LogP contribution in [-0.2, 0) is 10.0 Å². The first-order valence-electron chi connectivity index (χ1n) is 7.58. The van der Waals surface area contributed by atoms with Crippen LogP contribution < -0.4 is 21.9 Å². The summed E-state index contributed by atoms with van der Waals surface area (Å²) in [6.45, 7) is 2.57. The van der Waals surface area contributed by atoms with Gasteiger partial charge in [0.1, 0.15) is 0 Å². The lowest BCUT2D eigenvalue weighted by molar-refractivity contribution is -0.00000775. The van der Waals surface area contributed by atoms with Gasteiger partial charge in [-0.3, -0.25) is 0 Å². The van der Waals surface area contributed by atoms with E-state index in [0.29, 0.717) is 12.3 Å². The maximum atomic E-state index is 12.2. The van der Waals surface area contributed by atoms with Crippen LogP contribution in [0.25, 0.3) is 4.98 Å². The number of nitrogens with zero attached hydrogens (tertiary/aromatic N) is 2. The number of ether oxygens (including phenoxy) is 1. The van der Waals surface area contributed by atoms with Gasteiger partial charge in [0, 0.05) is 6.54 Å². The van der Waals surface area contributed by atoms with Crippen LogP contribution in [0, 0.1) is 5.39 Å². The van der Waals surface area contributed by atoms with Crippen LogP contribution in [0.4, 0.5) is 5.69 Å². The minimum Gasteiger partial charge on any atom is -1.00 e. The van der Waals surface area contributed by atoms with Crippen LogP contribution in [0.1, 0.15) is 45.4 Å². The molecule has 0 radical (unpaired) electrons. The molecule has 130 valence electrons. The van der Waals surface area contributed by atoms with E-state index in [1.165, 1.54) is 44.6 Å². The topological polar surface area (TPSA) is 83.6 Å². The molecule has 0 aliphatic heterocycles. The molecule has 1 N–H and O–H groups in total. The van der Waals surface area contributed by atoms with Gasteiger partial charge in [-0.15, -0.1) is 0 Å². The van der Waals surface area contributed by atoms with Crippen molar-refractivity contribution >= 4 is 15.7 Å². The van der Waals surface area contributed by atoms with E-state index in [9.17, 15) is 8.42 Å². The number of methoxy groups -OCH3 is 1. The molecule has 0 aliphatic carbocycles. The fourth-order valence-corrected chi connectivity index (χ4v) is 3.20. The van der Waals surface area contributed by atoms with E-state index in [1.807, 2.05) is 0 Å². The number of sulfonamides is 1. The summed E-state index contributed by atoms with van der Waals surface area (Å²) in [5, 5.41) is 8.89. The average Bonchev–Trinajstić information content (AvgIpc) is 2.53. The predicted molar refractivity (Wildman–Crippen MR) is 86.3 cm³/mol. The highest BCUT2D eigenvalue weighted by Crippen LogP contribution is 2.29. The highest BCUT2D eigenvalue weighted by Gasteiger charge is 2.21. The molecule has 0 fully saturated rings. The number of hydrogen-bond donors (Lipinski definition) is 1. The number of nitrogens with one attached hydrogen (secondary N) is 1. The molecule has 1 aromatic carbocycles. The van der Waals surface area contributed by atoms with Gasteiger partial charge in [0.15, 0.2) is 4.98 Å². The third-order valence-electron chi connectivity index (χ3n) is 3.39. The Balaban J connectivity index is 0.00000484. The molecule has 0 bridgehead atoms. The molecule has 0 unspecified atom stereocenters. The Bertz CT molecular complexity index is 615. The summed E-state index contributed by atoms with van der Waals surface area (Å²) in [7, 11) is -2.17. The SMILES string of the molecule is CCCCCCCCNS(=O)(=O)c1ccc(OC)c([N+]#N)c1.[Cl-]. The summed E-state index contributed by atoms with van der Waals surface area (Å²) in [6, 6.07) is 4.17. The fraction of sp³-hybridized carbons (Fsp3) is 0.600. The second kappa shape index (κ2) is 11.2. The molecule has 0 amide bonds. The Labute approximate surface area is 144 Å². The minimum atomic E-state index is -3.59. The third-order valence-corrected chi connectivity index (χ3v) is 4.85. The van der Waals surface area contributed by atoms with Crippen LogP contribution in [0.2, 0.25) is 0 Å². The maximum Gasteiger partial charge on any atom is 0.427 e. The average molecular weight is 362 g/mol. The molecule has 0 heterocycles. The second-order valence-corrected chi connectivity index (χ2v) is 6.87. The van der Waals surface area contributed by atoms with Gasteiger partial charge in [-0.05, 0) is 18.6 Å². The van der Waals surface area contributed by atoms with Crippen LogP contribution in [0.5, 0.6) is 5.75 Å². The molecule has 8 heteroatoms. The molecule has 23 heavy (non-hydrogen) atoms. The molecule has 1 rings (SSSR count). The fourth-order valence-electron chi connectivity index (χ4n) is 2.11. The predicted octanol–water partition coefficient (Wildman–Crippen LogP) is 0.823. The Morgan fingerprint density at radius 2 is 1.83 bits per heavy atom. The Hall–Kier alpha value is -1.36. The normalized spacial score (nSPS) is 10.7. The van der Waals surface area contributed by atoms with E-state index in [-0.39, 0.29) is 23.0 Å². The molecule has 6 nitrogen and oxygen atoms in total. The van der Waals surface area contributed by atoms with Crippen molar-refractivity contribution in [1.82, 2.24) is 4.72 Å². The van der Waals surface area contributed by atoms with Gasteiger partial charge in [0.25, 0.3) is 0 Å². The largest absolute Gasteiger partial charge is 1.00 e. The first-order chi connectivity index (χ1) is 10.5. The number of benzene rings is 1. The van der Waals surface area contributed by atoms with Gasteiger partial charge >= 0.3 is 5.69 Å². The van der Waals surface area contributed by atoms with E-state index < -0.39 is 10.0 Å². The molecule has 0 saturated carbocycles. The summed E-state index contributed by atoms with van der Waals surface area (Å²) < 4.78 is 31.9. The number of diazo groups is 1. The van der Waals surface area contributed by atoms with Crippen molar-refractivity contribution in [3.8, 4) is 5.75 Å². The second-order valence-electron chi connectivity index (χ2n) is 5.10. The van der Waals surface area contributed by atoms with Crippen molar-refractivity contribution in [2.75, 3.05) is 13.7 Å². The van der Waals surface area contributed by atoms with Gasteiger partial charge in [0.05, 0.1) is 18.1 Å². The number of rotatable bonds is 10. The third kappa shape index (κ3) is 7.16. The van der Waals surface area contributed by atoms with E-state index in [1.54, 1.807) is 0 Å². The monoisotopic (exact) mass is 361 g/mol. The van der Waals surface area contributed by atoms with Crippen LogP contribution >= 0.6 is 0 Å². The standard InChI is InChI=1S/C15H24N3O3S.ClH/c1-3-4-5-6-7-8-11-17-22(19,20)13-9-10-15(21-2)14(12-13)18-16;/h9-10,12,17H,3-8,11H2,1-2H3;1H/q+1;/p-1. The highest BCUT2D eigenvalue weighted by molar-refractivity contribution is 7.89. The lowest BCUT2D eigenvalue weighted by Gasteiger charge is -2.06. The van der Waals surface area contributed by atoms with Crippen molar-refractivity contribution in [3.05, 3.63) is 23.2 Å². The lowest BCUT2D eigenvalue weighted by Crippen LogP contribution is -3.00. The Morgan fingerprint density at radius 1 is 1.17 bits per heavy atom. The molecule has 0 aliphatic rings. The molecule has 0 aromatic heterocycles. The van der Waals surface area contributed by atoms with E-state index >= 15 is 0 Å². The van der Waals surface area contributed by atoms with E-state index in [4.69, 9.17) is 10.1 Å².